The van der Waals surface area contributed by atoms with E-state index in [0.29, 0.717) is 42.7 Å². The van der Waals surface area contributed by atoms with E-state index < -0.39 is 0 Å². The molecule has 32 heavy (non-hydrogen) atoms. The van der Waals surface area contributed by atoms with Gasteiger partial charge >= 0.3 is 0 Å². The molecule has 0 aliphatic carbocycles. The van der Waals surface area contributed by atoms with Crippen LogP contribution in [-0.2, 0) is 17.9 Å². The summed E-state index contributed by atoms with van der Waals surface area (Å²) in [5.41, 5.74) is 1.66. The number of benzene rings is 2. The summed E-state index contributed by atoms with van der Waals surface area (Å²) in [6.45, 7) is 2.63. The van der Waals surface area contributed by atoms with Crippen LogP contribution in [0, 0.1) is 11.7 Å². The lowest BCUT2D eigenvalue weighted by molar-refractivity contribution is -0.127. The van der Waals surface area contributed by atoms with Crippen molar-refractivity contribution in [3.8, 4) is 22.9 Å². The van der Waals surface area contributed by atoms with Gasteiger partial charge in [-0.15, -0.1) is 0 Å². The van der Waals surface area contributed by atoms with Crippen molar-refractivity contribution in [1.29, 1.82) is 0 Å². The van der Waals surface area contributed by atoms with Gasteiger partial charge in [0, 0.05) is 18.7 Å². The molecule has 3 heterocycles. The Morgan fingerprint density at radius 1 is 1.16 bits per heavy atom. The first-order chi connectivity index (χ1) is 15.6. The number of aromatic nitrogens is 2. The molecule has 1 aromatic heterocycles. The normalized spacial score (nSPS) is 18.0. The first kappa shape index (κ1) is 20.4. The Kier molecular flexibility index (Phi) is 5.72. The van der Waals surface area contributed by atoms with Crippen LogP contribution in [0.2, 0.25) is 0 Å². The molecule has 0 radical (unpaired) electrons. The molecule has 1 N–H and O–H groups in total. The molecular formula is C23H23FN4O4. The highest BCUT2D eigenvalue weighted by Crippen LogP contribution is 2.32. The third-order valence-corrected chi connectivity index (χ3v) is 5.71. The highest BCUT2D eigenvalue weighted by molar-refractivity contribution is 5.79. The minimum absolute atomic E-state index is 0.0323. The first-order valence-electron chi connectivity index (χ1n) is 10.6. The monoisotopic (exact) mass is 438 g/mol. The van der Waals surface area contributed by atoms with Crippen molar-refractivity contribution >= 4 is 5.91 Å². The van der Waals surface area contributed by atoms with Crippen LogP contribution >= 0.6 is 0 Å². The van der Waals surface area contributed by atoms with E-state index >= 15 is 0 Å². The molecular weight excluding hydrogens is 415 g/mol. The largest absolute Gasteiger partial charge is 0.454 e. The number of hydrogen-bond donors (Lipinski definition) is 1. The highest BCUT2D eigenvalue weighted by Gasteiger charge is 2.27. The lowest BCUT2D eigenvalue weighted by Gasteiger charge is -2.30. The van der Waals surface area contributed by atoms with E-state index in [-0.39, 0.29) is 24.4 Å². The van der Waals surface area contributed by atoms with Gasteiger partial charge in [-0.2, -0.15) is 4.98 Å². The van der Waals surface area contributed by atoms with Crippen molar-refractivity contribution in [1.82, 2.24) is 20.4 Å². The SMILES string of the molecule is O=C(NCc1ccc2c(c1)OCO2)C1CCCN(Cc2nc(-c3ccc(F)cc3)no2)C1. The molecule has 2 aliphatic rings. The van der Waals surface area contributed by atoms with Crippen molar-refractivity contribution in [3.63, 3.8) is 0 Å². The number of carbonyl (C=O) groups is 1. The van der Waals surface area contributed by atoms with E-state index in [1.807, 2.05) is 18.2 Å². The second-order valence-electron chi connectivity index (χ2n) is 8.00. The van der Waals surface area contributed by atoms with E-state index in [1.165, 1.54) is 12.1 Å². The molecule has 1 fully saturated rings. The fourth-order valence-corrected chi connectivity index (χ4v) is 4.02. The second kappa shape index (κ2) is 8.96. The summed E-state index contributed by atoms with van der Waals surface area (Å²) in [6.07, 6.45) is 1.76. The number of rotatable bonds is 6. The Balaban J connectivity index is 1.15. The number of ether oxygens (including phenoxy) is 2. The lowest BCUT2D eigenvalue weighted by Crippen LogP contribution is -2.42. The number of piperidine rings is 1. The summed E-state index contributed by atoms with van der Waals surface area (Å²) in [6, 6.07) is 11.6. The maximum Gasteiger partial charge on any atom is 0.241 e. The maximum atomic E-state index is 13.1. The summed E-state index contributed by atoms with van der Waals surface area (Å²) < 4.78 is 29.2. The van der Waals surface area contributed by atoms with E-state index in [0.717, 1.165) is 30.7 Å². The molecule has 1 unspecified atom stereocenters. The molecule has 2 aromatic carbocycles. The predicted octanol–water partition coefficient (Wildman–Crippen LogP) is 3.13. The first-order valence-corrected chi connectivity index (χ1v) is 10.6. The fraction of sp³-hybridized carbons (Fsp3) is 0.348. The maximum absolute atomic E-state index is 13.1. The summed E-state index contributed by atoms with van der Waals surface area (Å²) in [7, 11) is 0. The van der Waals surface area contributed by atoms with Crippen molar-refractivity contribution < 1.29 is 23.2 Å². The van der Waals surface area contributed by atoms with Crippen molar-refractivity contribution in [2.75, 3.05) is 19.9 Å². The van der Waals surface area contributed by atoms with Gasteiger partial charge < -0.3 is 19.3 Å². The van der Waals surface area contributed by atoms with Crippen molar-refractivity contribution in [2.45, 2.75) is 25.9 Å². The minimum atomic E-state index is -0.311. The average Bonchev–Trinajstić information content (AvgIpc) is 3.47. The number of carbonyl (C=O) groups excluding carboxylic acids is 1. The summed E-state index contributed by atoms with van der Waals surface area (Å²) >= 11 is 0. The van der Waals surface area contributed by atoms with Crippen molar-refractivity contribution in [3.05, 3.63) is 59.7 Å². The van der Waals surface area contributed by atoms with E-state index in [2.05, 4.69) is 20.4 Å². The Morgan fingerprint density at radius 3 is 2.88 bits per heavy atom. The van der Waals surface area contributed by atoms with Gasteiger partial charge in [0.25, 0.3) is 0 Å². The summed E-state index contributed by atoms with van der Waals surface area (Å²) in [4.78, 5) is 19.3. The lowest BCUT2D eigenvalue weighted by atomic mass is 9.97. The average molecular weight is 438 g/mol. The molecule has 8 nitrogen and oxygen atoms in total. The molecule has 1 atom stereocenters. The van der Waals surface area contributed by atoms with Crippen LogP contribution in [0.15, 0.2) is 47.0 Å². The topological polar surface area (TPSA) is 89.7 Å². The summed E-state index contributed by atoms with van der Waals surface area (Å²) in [5, 5.41) is 7.02. The number of nitrogens with zero attached hydrogens (tertiary/aromatic N) is 3. The second-order valence-corrected chi connectivity index (χ2v) is 8.00. The summed E-state index contributed by atoms with van der Waals surface area (Å²) in [5.74, 6) is 1.96. The van der Waals surface area contributed by atoms with Crippen LogP contribution in [-0.4, -0.2) is 40.8 Å². The van der Waals surface area contributed by atoms with Gasteiger partial charge in [-0.1, -0.05) is 11.2 Å². The third-order valence-electron chi connectivity index (χ3n) is 5.71. The molecule has 0 spiro atoms. The number of likely N-dealkylation sites (tertiary alicyclic amines) is 1. The third kappa shape index (κ3) is 4.57. The fourth-order valence-electron chi connectivity index (χ4n) is 4.02. The van der Waals surface area contributed by atoms with Crippen LogP contribution in [0.4, 0.5) is 4.39 Å². The molecule has 5 rings (SSSR count). The molecule has 166 valence electrons. The quantitative estimate of drug-likeness (QED) is 0.632. The molecule has 2 aliphatic heterocycles. The highest BCUT2D eigenvalue weighted by atomic mass is 19.1. The van der Waals surface area contributed by atoms with Crippen LogP contribution in [0.5, 0.6) is 11.5 Å². The molecule has 1 amide bonds. The number of fused-ring (bicyclic) bond motifs is 1. The van der Waals surface area contributed by atoms with E-state index in [9.17, 15) is 9.18 Å². The van der Waals surface area contributed by atoms with Gasteiger partial charge in [-0.25, -0.2) is 4.39 Å². The van der Waals surface area contributed by atoms with Gasteiger partial charge in [-0.05, 0) is 61.3 Å². The van der Waals surface area contributed by atoms with Crippen molar-refractivity contribution in [2.24, 2.45) is 5.92 Å². The molecule has 0 saturated carbocycles. The van der Waals surface area contributed by atoms with Gasteiger partial charge in [0.2, 0.25) is 24.4 Å². The van der Waals surface area contributed by atoms with E-state index in [1.54, 1.807) is 12.1 Å². The van der Waals surface area contributed by atoms with Crippen LogP contribution < -0.4 is 14.8 Å². The Hall–Kier alpha value is -3.46. The molecule has 3 aromatic rings. The Labute approximate surface area is 184 Å². The smallest absolute Gasteiger partial charge is 0.241 e. The zero-order valence-corrected chi connectivity index (χ0v) is 17.4. The van der Waals surface area contributed by atoms with Crippen LogP contribution in [0.1, 0.15) is 24.3 Å². The Bertz CT molecular complexity index is 1100. The standard InChI is InChI=1S/C23H23FN4O4/c24-18-6-4-16(5-7-18)22-26-21(32-27-22)13-28-9-1-2-17(12-28)23(29)25-11-15-3-8-19-20(10-15)31-14-30-19/h3-8,10,17H,1-2,9,11-14H2,(H,25,29). The van der Waals surface area contributed by atoms with Gasteiger partial charge in [0.15, 0.2) is 11.5 Å². The van der Waals surface area contributed by atoms with Gasteiger partial charge in [-0.3, -0.25) is 9.69 Å². The number of nitrogens with one attached hydrogen (secondary N) is 1. The Morgan fingerprint density at radius 2 is 2.00 bits per heavy atom. The molecule has 9 heteroatoms. The van der Waals surface area contributed by atoms with Gasteiger partial charge in [0.05, 0.1) is 12.5 Å². The van der Waals surface area contributed by atoms with Crippen LogP contribution in [0.3, 0.4) is 0 Å². The number of hydrogen-bond acceptors (Lipinski definition) is 7. The zero-order chi connectivity index (χ0) is 21.9. The minimum Gasteiger partial charge on any atom is -0.454 e. The van der Waals surface area contributed by atoms with Crippen LogP contribution in [0.25, 0.3) is 11.4 Å². The predicted molar refractivity (Wildman–Crippen MR) is 112 cm³/mol. The molecule has 0 bridgehead atoms. The van der Waals surface area contributed by atoms with E-state index in [4.69, 9.17) is 14.0 Å². The number of amides is 1. The number of halogens is 1. The molecule has 1 saturated heterocycles. The van der Waals surface area contributed by atoms with Gasteiger partial charge in [0.1, 0.15) is 5.82 Å². The zero-order valence-electron chi connectivity index (χ0n) is 17.4.